The first-order chi connectivity index (χ1) is 15.9. The molecule has 9 heteroatoms. The number of thiophene rings is 1. The number of aryl methyl sites for hydroxylation is 2. The van der Waals surface area contributed by atoms with Crippen LogP contribution >= 0.6 is 22.9 Å². The highest BCUT2D eigenvalue weighted by Crippen LogP contribution is 2.34. The normalized spacial score (nSPS) is 13.2. The van der Waals surface area contributed by atoms with Gasteiger partial charge in [-0.05, 0) is 79.8 Å². The smallest absolute Gasteiger partial charge is 0.325 e. The molecule has 0 fully saturated rings. The number of hydrogen-bond donors (Lipinski definition) is 1. The number of carbonyl (C=O) groups is 1. The second-order valence-electron chi connectivity index (χ2n) is 7.93. The molecule has 1 aliphatic rings. The molecule has 33 heavy (non-hydrogen) atoms. The molecule has 0 unspecified atom stereocenters. The number of anilines is 1. The van der Waals surface area contributed by atoms with E-state index in [1.807, 2.05) is 0 Å². The van der Waals surface area contributed by atoms with Crippen molar-refractivity contribution in [3.63, 3.8) is 0 Å². The van der Waals surface area contributed by atoms with E-state index in [0.717, 1.165) is 40.7 Å². The van der Waals surface area contributed by atoms with Crippen LogP contribution in [0.2, 0.25) is 5.02 Å². The number of benzene rings is 2. The van der Waals surface area contributed by atoms with Crippen molar-refractivity contribution in [2.24, 2.45) is 0 Å². The fraction of sp³-hybridized carbons (Fsp3) is 0.208. The maximum atomic E-state index is 13.5. The maximum Gasteiger partial charge on any atom is 0.337 e. The van der Waals surface area contributed by atoms with Crippen LogP contribution < -0.4 is 16.6 Å². The Morgan fingerprint density at radius 1 is 1.03 bits per heavy atom. The van der Waals surface area contributed by atoms with Gasteiger partial charge in [-0.15, -0.1) is 11.3 Å². The van der Waals surface area contributed by atoms with Crippen molar-refractivity contribution in [3.05, 3.63) is 90.6 Å². The zero-order valence-corrected chi connectivity index (χ0v) is 19.0. The van der Waals surface area contributed by atoms with Crippen molar-refractivity contribution >= 4 is 44.7 Å². The number of nitrogens with zero attached hydrogens (tertiary/aromatic N) is 2. The van der Waals surface area contributed by atoms with E-state index in [2.05, 4.69) is 5.32 Å². The van der Waals surface area contributed by atoms with Crippen LogP contribution in [0.4, 0.5) is 10.1 Å². The maximum absolute atomic E-state index is 13.5. The van der Waals surface area contributed by atoms with E-state index >= 15 is 0 Å². The molecule has 0 saturated carbocycles. The van der Waals surface area contributed by atoms with Gasteiger partial charge in [-0.25, -0.2) is 13.8 Å². The van der Waals surface area contributed by atoms with Gasteiger partial charge in [0.05, 0.1) is 11.1 Å². The quantitative estimate of drug-likeness (QED) is 0.463. The van der Waals surface area contributed by atoms with Gasteiger partial charge in [0.15, 0.2) is 0 Å². The molecule has 0 radical (unpaired) electrons. The molecule has 4 aromatic rings. The van der Waals surface area contributed by atoms with Crippen LogP contribution in [0.3, 0.4) is 0 Å². The van der Waals surface area contributed by atoms with Gasteiger partial charge in [-0.2, -0.15) is 0 Å². The fourth-order valence-electron chi connectivity index (χ4n) is 4.20. The van der Waals surface area contributed by atoms with Gasteiger partial charge >= 0.3 is 5.69 Å². The molecule has 0 atom stereocenters. The summed E-state index contributed by atoms with van der Waals surface area (Å²) in [4.78, 5) is 41.4. The minimum absolute atomic E-state index is 0.278. The van der Waals surface area contributed by atoms with Crippen LogP contribution in [0.1, 0.15) is 23.3 Å². The Bertz CT molecular complexity index is 1490. The summed E-state index contributed by atoms with van der Waals surface area (Å²) in [6, 6.07) is 11.8. The number of rotatable bonds is 4. The van der Waals surface area contributed by atoms with Crippen molar-refractivity contribution in [1.82, 2.24) is 9.13 Å². The Morgan fingerprint density at radius 2 is 1.73 bits per heavy atom. The van der Waals surface area contributed by atoms with Gasteiger partial charge in [0.25, 0.3) is 5.56 Å². The third kappa shape index (κ3) is 4.00. The third-order valence-corrected chi connectivity index (χ3v) is 7.32. The second-order valence-corrected chi connectivity index (χ2v) is 9.45. The van der Waals surface area contributed by atoms with Crippen molar-refractivity contribution in [3.8, 4) is 5.69 Å². The molecule has 0 saturated heterocycles. The molecule has 1 aliphatic carbocycles. The standard InChI is InChI=1S/C24H19ClFN3O3S/c25-14-5-11-17(12-6-14)29-22(31)21-18-3-1-2-4-19(18)33-23(21)28(24(29)32)13-20(30)27-16-9-7-15(26)8-10-16/h5-12H,1-4,13H2,(H,27,30). The number of fused-ring (bicyclic) bond motifs is 3. The minimum Gasteiger partial charge on any atom is -0.325 e. The van der Waals surface area contributed by atoms with E-state index in [1.54, 1.807) is 24.3 Å². The summed E-state index contributed by atoms with van der Waals surface area (Å²) in [5.74, 6) is -0.859. The second kappa shape index (κ2) is 8.61. The van der Waals surface area contributed by atoms with Crippen LogP contribution in [0, 0.1) is 5.82 Å². The molecule has 6 nitrogen and oxygen atoms in total. The molecular weight excluding hydrogens is 465 g/mol. The Balaban J connectivity index is 1.66. The summed E-state index contributed by atoms with van der Waals surface area (Å²) >= 11 is 7.40. The molecule has 5 rings (SSSR count). The Kier molecular flexibility index (Phi) is 5.64. The average molecular weight is 484 g/mol. The SMILES string of the molecule is O=C(Cn1c(=O)n(-c2ccc(Cl)cc2)c(=O)c2c3c(sc21)CCCC3)Nc1ccc(F)cc1. The summed E-state index contributed by atoms with van der Waals surface area (Å²) in [5, 5.41) is 3.67. The number of carbonyl (C=O) groups excluding carboxylic acids is 1. The Hall–Kier alpha value is -3.23. The zero-order chi connectivity index (χ0) is 23.1. The first kappa shape index (κ1) is 21.6. The molecular formula is C24H19ClFN3O3S. The van der Waals surface area contributed by atoms with Crippen LogP contribution in [0.5, 0.6) is 0 Å². The summed E-state index contributed by atoms with van der Waals surface area (Å²) in [7, 11) is 0. The van der Waals surface area contributed by atoms with E-state index in [1.165, 1.54) is 40.2 Å². The summed E-state index contributed by atoms with van der Waals surface area (Å²) in [5.41, 5.74) is 0.804. The van der Waals surface area contributed by atoms with Gasteiger partial charge in [-0.1, -0.05) is 11.6 Å². The Labute approximate surface area is 196 Å². The van der Waals surface area contributed by atoms with Crippen LogP contribution in [0.25, 0.3) is 15.9 Å². The number of hydrogen-bond acceptors (Lipinski definition) is 4. The average Bonchev–Trinajstić information content (AvgIpc) is 3.19. The van der Waals surface area contributed by atoms with Crippen molar-refractivity contribution < 1.29 is 9.18 Å². The predicted molar refractivity (Wildman–Crippen MR) is 128 cm³/mol. The lowest BCUT2D eigenvalue weighted by molar-refractivity contribution is -0.116. The monoisotopic (exact) mass is 483 g/mol. The zero-order valence-electron chi connectivity index (χ0n) is 17.4. The molecule has 0 aliphatic heterocycles. The highest BCUT2D eigenvalue weighted by molar-refractivity contribution is 7.18. The number of amides is 1. The number of aromatic nitrogens is 2. The van der Waals surface area contributed by atoms with Crippen LogP contribution in [-0.4, -0.2) is 15.0 Å². The molecule has 1 amide bonds. The van der Waals surface area contributed by atoms with E-state index < -0.39 is 17.4 Å². The number of halogens is 2. The van der Waals surface area contributed by atoms with Gasteiger partial charge in [0.1, 0.15) is 17.2 Å². The lowest BCUT2D eigenvalue weighted by Crippen LogP contribution is -2.40. The molecule has 168 valence electrons. The highest BCUT2D eigenvalue weighted by atomic mass is 35.5. The molecule has 2 aromatic carbocycles. The molecule has 0 bridgehead atoms. The van der Waals surface area contributed by atoms with Crippen LogP contribution in [0.15, 0.2) is 58.1 Å². The predicted octanol–water partition coefficient (Wildman–Crippen LogP) is 4.52. The summed E-state index contributed by atoms with van der Waals surface area (Å²) in [6.45, 7) is -0.278. The first-order valence-electron chi connectivity index (χ1n) is 10.5. The molecule has 2 aromatic heterocycles. The van der Waals surface area contributed by atoms with Crippen molar-refractivity contribution in [1.29, 1.82) is 0 Å². The molecule has 0 spiro atoms. The minimum atomic E-state index is -0.595. The number of nitrogens with one attached hydrogen (secondary N) is 1. The van der Waals surface area contributed by atoms with Crippen molar-refractivity contribution in [2.45, 2.75) is 32.2 Å². The van der Waals surface area contributed by atoms with E-state index in [4.69, 9.17) is 11.6 Å². The lowest BCUT2D eigenvalue weighted by Gasteiger charge is -2.13. The van der Waals surface area contributed by atoms with Crippen molar-refractivity contribution in [2.75, 3.05) is 5.32 Å². The fourth-order valence-corrected chi connectivity index (χ4v) is 5.70. The topological polar surface area (TPSA) is 73.1 Å². The lowest BCUT2D eigenvalue weighted by atomic mass is 9.97. The van der Waals surface area contributed by atoms with E-state index in [0.29, 0.717) is 26.6 Å². The summed E-state index contributed by atoms with van der Waals surface area (Å²) < 4.78 is 15.6. The Morgan fingerprint density at radius 3 is 2.45 bits per heavy atom. The largest absolute Gasteiger partial charge is 0.337 e. The third-order valence-electron chi connectivity index (χ3n) is 5.75. The summed E-state index contributed by atoms with van der Waals surface area (Å²) in [6.07, 6.45) is 3.63. The molecule has 1 N–H and O–H groups in total. The highest BCUT2D eigenvalue weighted by Gasteiger charge is 2.25. The molecule has 2 heterocycles. The van der Waals surface area contributed by atoms with Gasteiger partial charge in [-0.3, -0.25) is 14.2 Å². The van der Waals surface area contributed by atoms with E-state index in [-0.39, 0.29) is 12.1 Å². The van der Waals surface area contributed by atoms with Gasteiger partial charge in [0.2, 0.25) is 5.91 Å². The first-order valence-corrected chi connectivity index (χ1v) is 11.7. The van der Waals surface area contributed by atoms with E-state index in [9.17, 15) is 18.8 Å². The van der Waals surface area contributed by atoms with Gasteiger partial charge < -0.3 is 5.32 Å². The van der Waals surface area contributed by atoms with Crippen LogP contribution in [-0.2, 0) is 24.2 Å². The van der Waals surface area contributed by atoms with Gasteiger partial charge in [0, 0.05) is 15.6 Å².